The first-order chi connectivity index (χ1) is 9.72. The van der Waals surface area contributed by atoms with Gasteiger partial charge in [0.05, 0.1) is 12.5 Å². The van der Waals surface area contributed by atoms with Crippen molar-refractivity contribution in [3.05, 3.63) is 59.7 Å². The van der Waals surface area contributed by atoms with Crippen molar-refractivity contribution in [1.82, 2.24) is 0 Å². The van der Waals surface area contributed by atoms with Gasteiger partial charge in [0.25, 0.3) is 0 Å². The Morgan fingerprint density at radius 2 is 1.40 bits per heavy atom. The molecule has 0 saturated heterocycles. The first-order valence-corrected chi connectivity index (χ1v) is 7.28. The lowest BCUT2D eigenvalue weighted by atomic mass is 9.96. The highest BCUT2D eigenvalue weighted by molar-refractivity contribution is 5.64. The molecule has 0 aromatic heterocycles. The van der Waals surface area contributed by atoms with Crippen molar-refractivity contribution in [2.24, 2.45) is 5.92 Å². The van der Waals surface area contributed by atoms with Gasteiger partial charge in [-0.1, -0.05) is 68.8 Å². The molecule has 0 N–H and O–H groups in total. The molecule has 1 nitrogen and oxygen atoms in total. The van der Waals surface area contributed by atoms with Crippen molar-refractivity contribution < 1.29 is 0 Å². The third kappa shape index (κ3) is 3.71. The van der Waals surface area contributed by atoms with Gasteiger partial charge in [-0.05, 0) is 34.6 Å². The second-order valence-electron chi connectivity index (χ2n) is 5.45. The molecule has 0 spiro atoms. The van der Waals surface area contributed by atoms with Crippen LogP contribution < -0.4 is 0 Å². The van der Waals surface area contributed by atoms with Crippen LogP contribution in [0.2, 0.25) is 0 Å². The van der Waals surface area contributed by atoms with Crippen LogP contribution in [-0.2, 0) is 12.8 Å². The van der Waals surface area contributed by atoms with Gasteiger partial charge in [0.15, 0.2) is 0 Å². The number of hydrogen-bond acceptors (Lipinski definition) is 1. The van der Waals surface area contributed by atoms with Crippen molar-refractivity contribution in [3.8, 4) is 17.2 Å². The Kier molecular flexibility index (Phi) is 4.96. The Labute approximate surface area is 121 Å². The van der Waals surface area contributed by atoms with Gasteiger partial charge in [0.1, 0.15) is 0 Å². The van der Waals surface area contributed by atoms with Gasteiger partial charge < -0.3 is 0 Å². The molecule has 102 valence electrons. The molecular weight excluding hydrogens is 242 g/mol. The third-order valence-electron chi connectivity index (χ3n) is 3.81. The molecule has 2 rings (SSSR count). The van der Waals surface area contributed by atoms with Gasteiger partial charge in [0.2, 0.25) is 0 Å². The van der Waals surface area contributed by atoms with Crippen LogP contribution >= 0.6 is 0 Å². The molecular formula is C19H21N. The Morgan fingerprint density at radius 3 is 1.85 bits per heavy atom. The molecule has 20 heavy (non-hydrogen) atoms. The van der Waals surface area contributed by atoms with Crippen LogP contribution in [0.25, 0.3) is 11.1 Å². The zero-order chi connectivity index (χ0) is 14.4. The van der Waals surface area contributed by atoms with E-state index in [0.29, 0.717) is 6.42 Å². The average Bonchev–Trinajstić information content (AvgIpc) is 2.49. The Balaban J connectivity index is 2.11. The average molecular weight is 263 g/mol. The van der Waals surface area contributed by atoms with E-state index >= 15 is 0 Å². The van der Waals surface area contributed by atoms with Crippen molar-refractivity contribution in [3.63, 3.8) is 0 Å². The van der Waals surface area contributed by atoms with Crippen LogP contribution in [-0.4, -0.2) is 0 Å². The summed E-state index contributed by atoms with van der Waals surface area (Å²) in [5.74, 6) is 0.742. The maximum Gasteiger partial charge on any atom is 0.0669 e. The summed E-state index contributed by atoms with van der Waals surface area (Å²) in [5.41, 5.74) is 4.93. The summed E-state index contributed by atoms with van der Waals surface area (Å²) < 4.78 is 0. The molecule has 0 aliphatic heterocycles. The lowest BCUT2D eigenvalue weighted by Crippen LogP contribution is -1.97. The van der Waals surface area contributed by atoms with E-state index in [0.717, 1.165) is 17.9 Å². The van der Waals surface area contributed by atoms with Crippen molar-refractivity contribution in [2.75, 3.05) is 0 Å². The zero-order valence-corrected chi connectivity index (χ0v) is 12.3. The first kappa shape index (κ1) is 14.3. The second kappa shape index (κ2) is 6.91. The molecule has 0 heterocycles. The largest absolute Gasteiger partial charge is 0.198 e. The van der Waals surface area contributed by atoms with Crippen molar-refractivity contribution >= 4 is 0 Å². The Morgan fingerprint density at radius 1 is 0.900 bits per heavy atom. The molecule has 1 atom stereocenters. The minimum absolute atomic E-state index is 0.480. The summed E-state index contributed by atoms with van der Waals surface area (Å²) in [7, 11) is 0. The summed E-state index contributed by atoms with van der Waals surface area (Å²) in [6, 6.07) is 19.3. The van der Waals surface area contributed by atoms with Gasteiger partial charge in [0, 0.05) is 0 Å². The lowest BCUT2D eigenvalue weighted by molar-refractivity contribution is 0.560. The molecule has 0 aliphatic carbocycles. The summed E-state index contributed by atoms with van der Waals surface area (Å²) in [6.07, 6.45) is 2.86. The molecule has 0 aliphatic rings. The van der Waals surface area contributed by atoms with E-state index in [-0.39, 0.29) is 0 Å². The van der Waals surface area contributed by atoms with Gasteiger partial charge >= 0.3 is 0 Å². The van der Waals surface area contributed by atoms with Crippen molar-refractivity contribution in [2.45, 2.75) is 33.1 Å². The fraction of sp³-hybridized carbons (Fsp3) is 0.316. The standard InChI is InChI=1S/C19H21N/c1-3-15(2)14-17-6-10-19(11-7-17)18-8-4-16(5-9-18)12-13-20/h4-11,15H,3,12,14H2,1-2H3. The van der Waals surface area contributed by atoms with E-state index in [2.05, 4.69) is 56.3 Å². The number of benzene rings is 2. The highest BCUT2D eigenvalue weighted by atomic mass is 14.2. The molecule has 0 bridgehead atoms. The zero-order valence-electron chi connectivity index (χ0n) is 12.3. The number of rotatable bonds is 5. The minimum atomic E-state index is 0.480. The van der Waals surface area contributed by atoms with E-state index in [1.54, 1.807) is 0 Å². The molecule has 1 unspecified atom stereocenters. The Hall–Kier alpha value is -2.07. The summed E-state index contributed by atoms with van der Waals surface area (Å²) in [5, 5.41) is 8.68. The van der Waals surface area contributed by atoms with E-state index in [9.17, 15) is 0 Å². The van der Waals surface area contributed by atoms with E-state index < -0.39 is 0 Å². The first-order valence-electron chi connectivity index (χ1n) is 7.28. The molecule has 2 aromatic rings. The van der Waals surface area contributed by atoms with E-state index in [1.165, 1.54) is 23.1 Å². The topological polar surface area (TPSA) is 23.8 Å². The van der Waals surface area contributed by atoms with Crippen LogP contribution in [0.4, 0.5) is 0 Å². The normalized spacial score (nSPS) is 11.8. The van der Waals surface area contributed by atoms with Crippen LogP contribution in [0.15, 0.2) is 48.5 Å². The summed E-state index contributed by atoms with van der Waals surface area (Å²) >= 11 is 0. The monoisotopic (exact) mass is 263 g/mol. The van der Waals surface area contributed by atoms with Crippen LogP contribution in [0, 0.1) is 17.2 Å². The summed E-state index contributed by atoms with van der Waals surface area (Å²) in [6.45, 7) is 4.53. The van der Waals surface area contributed by atoms with Gasteiger partial charge in [-0.2, -0.15) is 5.26 Å². The Bertz CT molecular complexity index is 573. The fourth-order valence-electron chi connectivity index (χ4n) is 2.29. The molecule has 1 heteroatoms. The van der Waals surface area contributed by atoms with Gasteiger partial charge in [-0.3, -0.25) is 0 Å². The van der Waals surface area contributed by atoms with Gasteiger partial charge in [-0.25, -0.2) is 0 Å². The van der Waals surface area contributed by atoms with Gasteiger partial charge in [-0.15, -0.1) is 0 Å². The maximum atomic E-state index is 8.68. The molecule has 0 fully saturated rings. The second-order valence-corrected chi connectivity index (χ2v) is 5.45. The predicted octanol–water partition coefficient (Wildman–Crippen LogP) is 5.01. The van der Waals surface area contributed by atoms with Crippen LogP contribution in [0.3, 0.4) is 0 Å². The quantitative estimate of drug-likeness (QED) is 0.744. The molecule has 0 radical (unpaired) electrons. The maximum absolute atomic E-state index is 8.68. The lowest BCUT2D eigenvalue weighted by Gasteiger charge is -2.09. The van der Waals surface area contributed by atoms with E-state index in [4.69, 9.17) is 5.26 Å². The fourth-order valence-corrected chi connectivity index (χ4v) is 2.29. The van der Waals surface area contributed by atoms with Crippen LogP contribution in [0.5, 0.6) is 0 Å². The molecule has 2 aromatic carbocycles. The molecule has 0 saturated carbocycles. The SMILES string of the molecule is CCC(C)Cc1ccc(-c2ccc(CC#N)cc2)cc1. The summed E-state index contributed by atoms with van der Waals surface area (Å²) in [4.78, 5) is 0. The van der Waals surface area contributed by atoms with E-state index in [1.807, 2.05) is 12.1 Å². The van der Waals surface area contributed by atoms with Crippen molar-refractivity contribution in [1.29, 1.82) is 5.26 Å². The van der Waals surface area contributed by atoms with Crippen LogP contribution in [0.1, 0.15) is 31.4 Å². The predicted molar refractivity (Wildman–Crippen MR) is 84.4 cm³/mol. The molecule has 0 amide bonds. The number of hydrogen-bond donors (Lipinski definition) is 0. The third-order valence-corrected chi connectivity index (χ3v) is 3.81. The minimum Gasteiger partial charge on any atom is -0.198 e. The highest BCUT2D eigenvalue weighted by Crippen LogP contribution is 2.21. The number of nitriles is 1. The number of nitrogens with zero attached hydrogens (tertiary/aromatic N) is 1. The smallest absolute Gasteiger partial charge is 0.0669 e. The highest BCUT2D eigenvalue weighted by Gasteiger charge is 2.02.